The van der Waals surface area contributed by atoms with Crippen molar-refractivity contribution in [3.63, 3.8) is 0 Å². The minimum Gasteiger partial charge on any atom is -0.311 e. The molecule has 11 heavy (non-hydrogen) atoms. The summed E-state index contributed by atoms with van der Waals surface area (Å²) in [6.07, 6.45) is 4.38. The van der Waals surface area contributed by atoms with Gasteiger partial charge in [0.05, 0.1) is 6.04 Å². The highest BCUT2D eigenvalue weighted by molar-refractivity contribution is 5.83. The van der Waals surface area contributed by atoms with Gasteiger partial charge in [0.2, 0.25) is 0 Å². The first-order valence-electron chi connectivity index (χ1n) is 4.48. The average molecular weight is 155 g/mol. The number of hydrogen-bond acceptors (Lipinski definition) is 2. The fourth-order valence-electron chi connectivity index (χ4n) is 1.34. The smallest absolute Gasteiger partial charge is 0.149 e. The first-order chi connectivity index (χ1) is 5.27. The fraction of sp³-hybridized carbons (Fsp3) is 0.889. The molecule has 1 atom stereocenters. The van der Waals surface area contributed by atoms with Crippen LogP contribution in [0.4, 0.5) is 0 Å². The Bertz CT molecular complexity index is 140. The predicted octanol–water partition coefficient (Wildman–Crippen LogP) is 1.35. The first kappa shape index (κ1) is 8.72. The van der Waals surface area contributed by atoms with Crippen molar-refractivity contribution in [1.29, 1.82) is 0 Å². The third kappa shape index (κ3) is 2.62. The Morgan fingerprint density at radius 3 is 2.64 bits per heavy atom. The Kier molecular flexibility index (Phi) is 3.06. The molecule has 1 rings (SSSR count). The van der Waals surface area contributed by atoms with Crippen LogP contribution in [0, 0.1) is 5.92 Å². The molecule has 2 heteroatoms. The van der Waals surface area contributed by atoms with Crippen LogP contribution in [0.5, 0.6) is 0 Å². The van der Waals surface area contributed by atoms with Gasteiger partial charge in [-0.25, -0.2) is 0 Å². The summed E-state index contributed by atoms with van der Waals surface area (Å²) in [5.41, 5.74) is 0. The van der Waals surface area contributed by atoms with E-state index < -0.39 is 0 Å². The van der Waals surface area contributed by atoms with Crippen molar-refractivity contribution in [3.8, 4) is 0 Å². The van der Waals surface area contributed by atoms with Gasteiger partial charge in [-0.3, -0.25) is 4.79 Å². The second-order valence-corrected chi connectivity index (χ2v) is 3.34. The van der Waals surface area contributed by atoms with Gasteiger partial charge in [-0.1, -0.05) is 19.8 Å². The molecule has 1 aliphatic rings. The van der Waals surface area contributed by atoms with E-state index >= 15 is 0 Å². The minimum absolute atomic E-state index is 0.132. The number of Topliss-reactive ketones (excluding diaryl/α,β-unsaturated/α-hetero) is 1. The molecule has 64 valence electrons. The molecule has 0 saturated heterocycles. The largest absolute Gasteiger partial charge is 0.311 e. The Morgan fingerprint density at radius 1 is 1.64 bits per heavy atom. The molecule has 0 aliphatic heterocycles. The zero-order chi connectivity index (χ0) is 8.27. The SMILES string of the molecule is CCC(=O)[C@H](CC1CC1)NC. The van der Waals surface area contributed by atoms with Crippen LogP contribution < -0.4 is 5.32 Å². The quantitative estimate of drug-likeness (QED) is 0.649. The number of hydrogen-bond donors (Lipinski definition) is 1. The lowest BCUT2D eigenvalue weighted by molar-refractivity contribution is -0.120. The summed E-state index contributed by atoms with van der Waals surface area (Å²) in [4.78, 5) is 11.2. The molecule has 0 unspecified atom stereocenters. The van der Waals surface area contributed by atoms with Crippen LogP contribution in [0.15, 0.2) is 0 Å². The molecular weight excluding hydrogens is 138 g/mol. The maximum atomic E-state index is 11.2. The summed E-state index contributed by atoms with van der Waals surface area (Å²) >= 11 is 0. The van der Waals surface area contributed by atoms with Gasteiger partial charge in [-0.2, -0.15) is 0 Å². The van der Waals surface area contributed by atoms with Gasteiger partial charge in [-0.15, -0.1) is 0 Å². The lowest BCUT2D eigenvalue weighted by Gasteiger charge is -2.12. The van der Waals surface area contributed by atoms with Crippen molar-refractivity contribution in [2.24, 2.45) is 5.92 Å². The van der Waals surface area contributed by atoms with Crippen LogP contribution in [0.3, 0.4) is 0 Å². The number of nitrogens with one attached hydrogen (secondary N) is 1. The van der Waals surface area contributed by atoms with E-state index in [1.54, 1.807) is 0 Å². The molecule has 1 fully saturated rings. The Hall–Kier alpha value is -0.370. The lowest BCUT2D eigenvalue weighted by Crippen LogP contribution is -2.33. The molecule has 1 saturated carbocycles. The molecular formula is C9H17NO. The van der Waals surface area contributed by atoms with Crippen LogP contribution in [0.2, 0.25) is 0 Å². The van der Waals surface area contributed by atoms with E-state index in [4.69, 9.17) is 0 Å². The summed E-state index contributed by atoms with van der Waals surface area (Å²) in [6, 6.07) is 0.132. The molecule has 0 heterocycles. The van der Waals surface area contributed by atoms with Gasteiger partial charge >= 0.3 is 0 Å². The molecule has 0 aromatic carbocycles. The molecule has 0 aromatic heterocycles. The Labute approximate surface area is 68.4 Å². The van der Waals surface area contributed by atoms with E-state index in [0.717, 1.165) is 12.3 Å². The van der Waals surface area contributed by atoms with Crippen molar-refractivity contribution in [2.75, 3.05) is 7.05 Å². The molecule has 0 amide bonds. The summed E-state index contributed by atoms with van der Waals surface area (Å²) in [5.74, 6) is 1.20. The summed E-state index contributed by atoms with van der Waals surface area (Å²) in [6.45, 7) is 1.93. The number of rotatable bonds is 5. The third-order valence-electron chi connectivity index (χ3n) is 2.35. The lowest BCUT2D eigenvalue weighted by atomic mass is 10.0. The average Bonchev–Trinajstić information content (AvgIpc) is 2.82. The van der Waals surface area contributed by atoms with Gasteiger partial charge in [0, 0.05) is 6.42 Å². The van der Waals surface area contributed by atoms with E-state index in [1.807, 2.05) is 14.0 Å². The van der Waals surface area contributed by atoms with Crippen molar-refractivity contribution in [3.05, 3.63) is 0 Å². The number of carbonyl (C=O) groups excluding carboxylic acids is 1. The zero-order valence-corrected chi connectivity index (χ0v) is 7.39. The summed E-state index contributed by atoms with van der Waals surface area (Å²) < 4.78 is 0. The molecule has 1 aliphatic carbocycles. The van der Waals surface area contributed by atoms with Crippen LogP contribution in [0.25, 0.3) is 0 Å². The van der Waals surface area contributed by atoms with Crippen LogP contribution >= 0.6 is 0 Å². The summed E-state index contributed by atoms with van der Waals surface area (Å²) in [7, 11) is 1.88. The van der Waals surface area contributed by atoms with Crippen molar-refractivity contribution < 1.29 is 4.79 Å². The number of carbonyl (C=O) groups is 1. The molecule has 0 spiro atoms. The molecule has 0 bridgehead atoms. The predicted molar refractivity (Wildman–Crippen MR) is 45.5 cm³/mol. The van der Waals surface area contributed by atoms with Gasteiger partial charge in [-0.05, 0) is 19.4 Å². The third-order valence-corrected chi connectivity index (χ3v) is 2.35. The first-order valence-corrected chi connectivity index (χ1v) is 4.48. The van der Waals surface area contributed by atoms with Gasteiger partial charge in [0.25, 0.3) is 0 Å². The number of ketones is 1. The summed E-state index contributed by atoms with van der Waals surface area (Å²) in [5, 5.41) is 3.07. The highest BCUT2D eigenvalue weighted by Crippen LogP contribution is 2.33. The Balaban J connectivity index is 2.27. The molecule has 1 N–H and O–H groups in total. The van der Waals surface area contributed by atoms with Crippen LogP contribution in [0.1, 0.15) is 32.6 Å². The van der Waals surface area contributed by atoms with Crippen LogP contribution in [-0.2, 0) is 4.79 Å². The molecule has 0 radical (unpaired) electrons. The maximum absolute atomic E-state index is 11.2. The minimum atomic E-state index is 0.132. The molecule has 2 nitrogen and oxygen atoms in total. The second-order valence-electron chi connectivity index (χ2n) is 3.34. The van der Waals surface area contributed by atoms with E-state index in [0.29, 0.717) is 12.2 Å². The van der Waals surface area contributed by atoms with Gasteiger partial charge in [0.1, 0.15) is 5.78 Å². The molecule has 0 aromatic rings. The normalized spacial score (nSPS) is 19.8. The van der Waals surface area contributed by atoms with Crippen molar-refractivity contribution in [1.82, 2.24) is 5.32 Å². The second kappa shape index (κ2) is 3.86. The zero-order valence-electron chi connectivity index (χ0n) is 7.39. The van der Waals surface area contributed by atoms with Crippen molar-refractivity contribution in [2.45, 2.75) is 38.6 Å². The van der Waals surface area contributed by atoms with E-state index in [9.17, 15) is 4.79 Å². The van der Waals surface area contributed by atoms with E-state index in [1.165, 1.54) is 12.8 Å². The highest BCUT2D eigenvalue weighted by atomic mass is 16.1. The standard InChI is InChI=1S/C9H17NO/c1-3-9(11)8(10-2)6-7-4-5-7/h7-8,10H,3-6H2,1-2H3/t8-/m0/s1. The van der Waals surface area contributed by atoms with E-state index in [2.05, 4.69) is 5.32 Å². The van der Waals surface area contributed by atoms with Gasteiger partial charge < -0.3 is 5.32 Å². The van der Waals surface area contributed by atoms with Crippen LogP contribution in [-0.4, -0.2) is 18.9 Å². The fourth-order valence-corrected chi connectivity index (χ4v) is 1.34. The monoisotopic (exact) mass is 155 g/mol. The highest BCUT2D eigenvalue weighted by Gasteiger charge is 2.27. The topological polar surface area (TPSA) is 29.1 Å². The van der Waals surface area contributed by atoms with E-state index in [-0.39, 0.29) is 6.04 Å². The van der Waals surface area contributed by atoms with Crippen molar-refractivity contribution >= 4 is 5.78 Å². The van der Waals surface area contributed by atoms with Gasteiger partial charge in [0.15, 0.2) is 0 Å². The Morgan fingerprint density at radius 2 is 2.27 bits per heavy atom. The number of likely N-dealkylation sites (N-methyl/N-ethyl adjacent to an activating group) is 1. The maximum Gasteiger partial charge on any atom is 0.149 e.